The first kappa shape index (κ1) is 44.1. The van der Waals surface area contributed by atoms with Gasteiger partial charge in [0.1, 0.15) is 116 Å². The molecule has 0 saturated carbocycles. The molecule has 25 nitrogen and oxygen atoms in total. The first-order valence-electron chi connectivity index (χ1n) is 17.0. The molecule has 0 radical (unpaired) electrons. The summed E-state index contributed by atoms with van der Waals surface area (Å²) in [6.45, 7) is -4.29. The number of aliphatic hydroxyl groups is 16. The smallest absolute Gasteiger partial charge is 0.187 e. The van der Waals surface area contributed by atoms with Crippen molar-refractivity contribution >= 4 is 0 Å². The molecule has 0 aromatic rings. The average molecular weight is 799 g/mol. The van der Waals surface area contributed by atoms with E-state index >= 15 is 0 Å². The van der Waals surface area contributed by atoms with Crippen LogP contribution in [0.3, 0.4) is 0 Å². The van der Waals surface area contributed by atoms with Crippen LogP contribution in [0.1, 0.15) is 0 Å². The molecule has 0 spiro atoms. The second kappa shape index (κ2) is 18.7. The van der Waals surface area contributed by atoms with Crippen molar-refractivity contribution in [2.75, 3.05) is 33.0 Å². The summed E-state index contributed by atoms with van der Waals surface area (Å²) in [6.07, 6.45) is -44.7. The predicted octanol–water partition coefficient (Wildman–Crippen LogP) is -11.3. The third-order valence-corrected chi connectivity index (χ3v) is 9.93. The van der Waals surface area contributed by atoms with E-state index in [1.54, 1.807) is 0 Å². The zero-order valence-corrected chi connectivity index (χ0v) is 28.2. The first-order chi connectivity index (χ1) is 25.6. The lowest BCUT2D eigenvalue weighted by atomic mass is 9.95. The topological polar surface area (TPSA) is 407 Å². The lowest BCUT2D eigenvalue weighted by Gasteiger charge is -2.50. The first-order valence-corrected chi connectivity index (χ1v) is 17.0. The predicted molar refractivity (Wildman–Crippen MR) is 161 cm³/mol. The highest BCUT2D eigenvalue weighted by Gasteiger charge is 2.56. The monoisotopic (exact) mass is 798 g/mol. The Kier molecular flexibility index (Phi) is 15.3. The highest BCUT2D eigenvalue weighted by atomic mass is 16.8. The van der Waals surface area contributed by atoms with Crippen LogP contribution in [0.15, 0.2) is 0 Å². The summed E-state index contributed by atoms with van der Waals surface area (Å²) in [6, 6.07) is 0. The average Bonchev–Trinajstić information content (AvgIpc) is 3.16. The van der Waals surface area contributed by atoms with Crippen molar-refractivity contribution in [2.24, 2.45) is 0 Å². The molecule has 25 heteroatoms. The van der Waals surface area contributed by atoms with E-state index in [1.807, 2.05) is 0 Å². The summed E-state index contributed by atoms with van der Waals surface area (Å²) in [7, 11) is 0. The quantitative estimate of drug-likeness (QED) is 0.0871. The second-order valence-electron chi connectivity index (χ2n) is 13.5. The standard InChI is InChI=1S/C29H50O25/c30-1-7-11(35)14(38)18(42)27(48-7)51-21-6(34)5-46-26(20(21)44)53-23-13(37)9(3-32)50-29(52-22-10(4-33)47-25(45)17(41)16(22)40)24(23)54-28-19(43)15(39)12(36)8(2-31)49-28/h6-45H,1-5H2/t6-,7-,8-,9-,10-,11-,12-,13-,14+,15+,16-,17-,18-,19-,20-,21+,22+,23+,24-,25-,26+,27+,28+,29+/m1/s1. The molecule has 5 rings (SSSR count). The summed E-state index contributed by atoms with van der Waals surface area (Å²) >= 11 is 0. The van der Waals surface area contributed by atoms with Crippen LogP contribution in [0, 0.1) is 0 Å². The van der Waals surface area contributed by atoms with Gasteiger partial charge in [0.15, 0.2) is 31.5 Å². The molecule has 5 saturated heterocycles. The van der Waals surface area contributed by atoms with Crippen LogP contribution in [0.5, 0.6) is 0 Å². The van der Waals surface area contributed by atoms with Crippen LogP contribution in [-0.4, -0.2) is 262 Å². The molecule has 5 aliphatic heterocycles. The van der Waals surface area contributed by atoms with Crippen molar-refractivity contribution in [3.8, 4) is 0 Å². The molecule has 5 aliphatic rings. The van der Waals surface area contributed by atoms with Gasteiger partial charge in [0.05, 0.1) is 33.0 Å². The Morgan fingerprint density at radius 2 is 0.796 bits per heavy atom. The zero-order chi connectivity index (χ0) is 39.8. The van der Waals surface area contributed by atoms with Crippen molar-refractivity contribution in [1.82, 2.24) is 0 Å². The SMILES string of the molecule is OC[C@H]1O[C@@H](O[C@@H]2[C@@H](O)[C@H](O[C@H]3[C@H](O)[C@@H](CO)O[C@@H](O[C@@H]4[C@H](O)[C@@H](O)[C@H](O)O[C@@H]4CO)[C@@H]3O[C@@H]3O[C@H](CO)[C@@H](O)[C@H](O)[C@H]3O)OC[C@H]2O)[C@H](O)[C@@H](O)[C@@H]1O. The Labute approximate surface area is 305 Å². The molecule has 0 unspecified atom stereocenters. The lowest BCUT2D eigenvalue weighted by Crippen LogP contribution is -2.68. The maximum absolute atomic E-state index is 11.4. The van der Waals surface area contributed by atoms with Gasteiger partial charge in [-0.05, 0) is 0 Å². The molecule has 5 heterocycles. The Morgan fingerprint density at radius 3 is 1.31 bits per heavy atom. The zero-order valence-electron chi connectivity index (χ0n) is 28.2. The minimum Gasteiger partial charge on any atom is -0.394 e. The highest BCUT2D eigenvalue weighted by molar-refractivity contribution is 4.98. The molecule has 0 bridgehead atoms. The summed E-state index contributed by atoms with van der Waals surface area (Å²) in [4.78, 5) is 0. The highest BCUT2D eigenvalue weighted by Crippen LogP contribution is 2.36. The summed E-state index contributed by atoms with van der Waals surface area (Å²) in [5.41, 5.74) is 0. The van der Waals surface area contributed by atoms with Crippen LogP contribution >= 0.6 is 0 Å². The Hall–Kier alpha value is -1.00. The Morgan fingerprint density at radius 1 is 0.352 bits per heavy atom. The molecule has 0 aromatic carbocycles. The number of hydrogen-bond donors (Lipinski definition) is 16. The van der Waals surface area contributed by atoms with Crippen LogP contribution in [0.25, 0.3) is 0 Å². The second-order valence-corrected chi connectivity index (χ2v) is 13.5. The van der Waals surface area contributed by atoms with Gasteiger partial charge in [0.25, 0.3) is 0 Å². The third kappa shape index (κ3) is 8.85. The summed E-state index contributed by atoms with van der Waals surface area (Å²) in [5, 5.41) is 166. The van der Waals surface area contributed by atoms with Crippen molar-refractivity contribution in [2.45, 2.75) is 147 Å². The molecule has 0 amide bonds. The fourth-order valence-corrected chi connectivity index (χ4v) is 6.73. The molecule has 316 valence electrons. The molecule has 54 heavy (non-hydrogen) atoms. The fourth-order valence-electron chi connectivity index (χ4n) is 6.73. The van der Waals surface area contributed by atoms with Gasteiger partial charge in [-0.25, -0.2) is 0 Å². The molecule has 16 N–H and O–H groups in total. The van der Waals surface area contributed by atoms with Crippen LogP contribution < -0.4 is 0 Å². The van der Waals surface area contributed by atoms with E-state index in [1.165, 1.54) is 0 Å². The van der Waals surface area contributed by atoms with Gasteiger partial charge >= 0.3 is 0 Å². The number of ether oxygens (including phenoxy) is 9. The Bertz CT molecular complexity index is 1150. The van der Waals surface area contributed by atoms with E-state index in [2.05, 4.69) is 0 Å². The van der Waals surface area contributed by atoms with Gasteiger partial charge in [-0.2, -0.15) is 0 Å². The largest absolute Gasteiger partial charge is 0.394 e. The van der Waals surface area contributed by atoms with Gasteiger partial charge in [-0.1, -0.05) is 0 Å². The maximum atomic E-state index is 11.4. The van der Waals surface area contributed by atoms with Crippen LogP contribution in [-0.2, 0) is 42.6 Å². The van der Waals surface area contributed by atoms with Crippen LogP contribution in [0.2, 0.25) is 0 Å². The van der Waals surface area contributed by atoms with Gasteiger partial charge in [0.2, 0.25) is 0 Å². The van der Waals surface area contributed by atoms with Gasteiger partial charge in [0, 0.05) is 0 Å². The summed E-state index contributed by atoms with van der Waals surface area (Å²) < 4.78 is 50.2. The maximum Gasteiger partial charge on any atom is 0.187 e. The molecule has 5 fully saturated rings. The minimum atomic E-state index is -2.08. The van der Waals surface area contributed by atoms with E-state index in [0.717, 1.165) is 0 Å². The van der Waals surface area contributed by atoms with Crippen LogP contribution in [0.4, 0.5) is 0 Å². The van der Waals surface area contributed by atoms with Crippen molar-refractivity contribution in [1.29, 1.82) is 0 Å². The number of hydrogen-bond acceptors (Lipinski definition) is 25. The van der Waals surface area contributed by atoms with Gasteiger partial charge in [-0.15, -0.1) is 0 Å². The lowest BCUT2D eigenvalue weighted by molar-refractivity contribution is -0.405. The van der Waals surface area contributed by atoms with E-state index in [-0.39, 0.29) is 0 Å². The molecular formula is C29H50O25. The van der Waals surface area contributed by atoms with Gasteiger partial charge in [-0.3, -0.25) is 0 Å². The molecule has 24 atom stereocenters. The van der Waals surface area contributed by atoms with Gasteiger partial charge < -0.3 is 124 Å². The van der Waals surface area contributed by atoms with Crippen molar-refractivity contribution in [3.63, 3.8) is 0 Å². The normalized spacial score (nSPS) is 53.3. The number of rotatable bonds is 12. The molecular weight excluding hydrogens is 748 g/mol. The molecule has 0 aliphatic carbocycles. The van der Waals surface area contributed by atoms with Crippen molar-refractivity contribution in [3.05, 3.63) is 0 Å². The van der Waals surface area contributed by atoms with E-state index in [0.29, 0.717) is 0 Å². The van der Waals surface area contributed by atoms with E-state index < -0.39 is 180 Å². The van der Waals surface area contributed by atoms with Crippen molar-refractivity contribution < 1.29 is 124 Å². The third-order valence-electron chi connectivity index (χ3n) is 9.93. The van der Waals surface area contributed by atoms with E-state index in [4.69, 9.17) is 42.6 Å². The fraction of sp³-hybridized carbons (Fsp3) is 1.00. The molecule has 0 aromatic heterocycles. The minimum absolute atomic E-state index is 0.672. The van der Waals surface area contributed by atoms with E-state index in [9.17, 15) is 81.7 Å². The number of aliphatic hydroxyl groups excluding tert-OH is 16. The summed E-state index contributed by atoms with van der Waals surface area (Å²) in [5.74, 6) is 0. The Balaban J connectivity index is 1.44.